The number of hydrogen-bond acceptors (Lipinski definition) is 4. The predicted molar refractivity (Wildman–Crippen MR) is 114 cm³/mol. The number of benzene rings is 2. The highest BCUT2D eigenvalue weighted by Gasteiger charge is 2.32. The van der Waals surface area contributed by atoms with Crippen molar-refractivity contribution in [2.24, 2.45) is 0 Å². The minimum Gasteiger partial charge on any atom is -0.381 e. The van der Waals surface area contributed by atoms with Crippen LogP contribution in [0.3, 0.4) is 0 Å². The number of amides is 1. The molecule has 0 bridgehead atoms. The number of carbonyl (C=O) groups excluding carboxylic acids is 1. The smallest absolute Gasteiger partial charge is 0.249 e. The summed E-state index contributed by atoms with van der Waals surface area (Å²) in [5.41, 5.74) is 3.38. The van der Waals surface area contributed by atoms with Crippen LogP contribution in [0.5, 0.6) is 0 Å². The molecule has 1 aliphatic rings. The van der Waals surface area contributed by atoms with Crippen LogP contribution < -0.4 is 5.32 Å². The van der Waals surface area contributed by atoms with Crippen LogP contribution >= 0.6 is 11.3 Å². The zero-order chi connectivity index (χ0) is 21.1. The molecule has 1 aliphatic heterocycles. The molecule has 2 aromatic carbocycles. The summed E-state index contributed by atoms with van der Waals surface area (Å²) in [5.74, 6) is -1.19. The Balaban J connectivity index is 1.53. The van der Waals surface area contributed by atoms with E-state index in [1.165, 1.54) is 24.1 Å². The topological polar surface area (TPSA) is 41.6 Å². The fraction of sp³-hybridized carbons (Fsp3) is 0.261. The largest absolute Gasteiger partial charge is 0.381 e. The zero-order valence-corrected chi connectivity index (χ0v) is 17.3. The van der Waals surface area contributed by atoms with E-state index < -0.39 is 11.6 Å². The second-order valence-corrected chi connectivity index (χ2v) is 8.18. The van der Waals surface area contributed by atoms with Crippen LogP contribution in [0.2, 0.25) is 0 Å². The first-order valence-electron chi connectivity index (χ1n) is 9.69. The summed E-state index contributed by atoms with van der Waals surface area (Å²) in [5, 5.41) is 5.22. The maximum Gasteiger partial charge on any atom is 0.249 e. The molecule has 7 heteroatoms. The van der Waals surface area contributed by atoms with E-state index in [0.717, 1.165) is 29.3 Å². The number of thiophene rings is 1. The lowest BCUT2D eigenvalue weighted by atomic mass is 9.93. The van der Waals surface area contributed by atoms with Gasteiger partial charge < -0.3 is 15.0 Å². The molecule has 1 N–H and O–H groups in total. The van der Waals surface area contributed by atoms with Crippen molar-refractivity contribution in [1.82, 2.24) is 4.90 Å². The lowest BCUT2D eigenvalue weighted by Gasteiger charge is -2.36. The van der Waals surface area contributed by atoms with Gasteiger partial charge in [-0.25, -0.2) is 8.78 Å². The number of halogens is 2. The number of hydrogen-bond donors (Lipinski definition) is 1. The molecule has 1 unspecified atom stereocenters. The van der Waals surface area contributed by atoms with Gasteiger partial charge in [0.05, 0.1) is 6.04 Å². The van der Waals surface area contributed by atoms with Gasteiger partial charge in [-0.2, -0.15) is 0 Å². The van der Waals surface area contributed by atoms with Crippen molar-refractivity contribution in [1.29, 1.82) is 0 Å². The highest BCUT2D eigenvalue weighted by atomic mass is 32.1. The van der Waals surface area contributed by atoms with Gasteiger partial charge >= 0.3 is 0 Å². The van der Waals surface area contributed by atoms with Crippen LogP contribution in [0.25, 0.3) is 0 Å². The summed E-state index contributed by atoms with van der Waals surface area (Å²) in [6, 6.07) is 13.3. The number of nitrogens with one attached hydrogen (secondary N) is 1. The van der Waals surface area contributed by atoms with Gasteiger partial charge in [-0.15, -0.1) is 11.3 Å². The maximum atomic E-state index is 13.8. The number of rotatable bonds is 6. The van der Waals surface area contributed by atoms with E-state index >= 15 is 0 Å². The Morgan fingerprint density at radius 2 is 2.00 bits per heavy atom. The zero-order valence-electron chi connectivity index (χ0n) is 16.5. The number of fused-ring (bicyclic) bond motifs is 1. The van der Waals surface area contributed by atoms with Gasteiger partial charge in [-0.05, 0) is 47.2 Å². The van der Waals surface area contributed by atoms with E-state index in [9.17, 15) is 13.6 Å². The van der Waals surface area contributed by atoms with Crippen LogP contribution in [-0.4, -0.2) is 31.1 Å². The fourth-order valence-electron chi connectivity index (χ4n) is 3.80. The molecule has 0 aliphatic carbocycles. The molecule has 2 heterocycles. The summed E-state index contributed by atoms with van der Waals surface area (Å²) in [6.07, 6.45) is 0.849. The highest BCUT2D eigenvalue weighted by molar-refractivity contribution is 7.10. The number of anilines is 1. The van der Waals surface area contributed by atoms with Crippen molar-refractivity contribution in [3.63, 3.8) is 0 Å². The lowest BCUT2D eigenvalue weighted by molar-refractivity contribution is -0.137. The van der Waals surface area contributed by atoms with Gasteiger partial charge in [-0.1, -0.05) is 18.2 Å². The number of nitrogens with zero attached hydrogens (tertiary/aromatic N) is 1. The first-order valence-corrected chi connectivity index (χ1v) is 10.6. The molecule has 1 aromatic heterocycles. The summed E-state index contributed by atoms with van der Waals surface area (Å²) in [6.45, 7) is 0.963. The van der Waals surface area contributed by atoms with Crippen LogP contribution in [0.4, 0.5) is 14.5 Å². The molecule has 0 saturated heterocycles. The second-order valence-electron chi connectivity index (χ2n) is 7.18. The van der Waals surface area contributed by atoms with Gasteiger partial charge in [0, 0.05) is 42.4 Å². The molecule has 0 spiro atoms. The normalized spacial score (nSPS) is 15.7. The molecule has 1 amide bonds. The first-order chi connectivity index (χ1) is 14.6. The van der Waals surface area contributed by atoms with Crippen molar-refractivity contribution in [3.8, 4) is 0 Å². The van der Waals surface area contributed by atoms with E-state index in [0.29, 0.717) is 12.1 Å². The maximum absolute atomic E-state index is 13.8. The van der Waals surface area contributed by atoms with E-state index in [1.54, 1.807) is 11.3 Å². The third kappa shape index (κ3) is 4.22. The standard InChI is InChI=1S/C23H22F2N2O2S/c1-29-14-22(28)27-10-8-21-19(9-11-30-21)23(27)15-3-6-18(7-4-15)26-13-16-2-5-17(24)12-20(16)25/h2-7,9,11-12,23,26H,8,10,13-14H2,1H3. The van der Waals surface area contributed by atoms with Crippen molar-refractivity contribution in [2.45, 2.75) is 19.0 Å². The molecule has 0 radical (unpaired) electrons. The summed E-state index contributed by atoms with van der Waals surface area (Å²) >= 11 is 1.72. The molecule has 3 aromatic rings. The number of methoxy groups -OCH3 is 1. The van der Waals surface area contributed by atoms with Gasteiger partial charge in [-0.3, -0.25) is 4.79 Å². The average molecular weight is 429 g/mol. The fourth-order valence-corrected chi connectivity index (χ4v) is 4.70. The van der Waals surface area contributed by atoms with E-state index in [2.05, 4.69) is 16.8 Å². The van der Waals surface area contributed by atoms with E-state index in [-0.39, 0.29) is 25.1 Å². The second kappa shape index (κ2) is 8.93. The molecular formula is C23H22F2N2O2S. The monoisotopic (exact) mass is 428 g/mol. The summed E-state index contributed by atoms with van der Waals surface area (Å²) < 4.78 is 31.9. The minimum absolute atomic E-state index is 0.0339. The van der Waals surface area contributed by atoms with Crippen molar-refractivity contribution in [3.05, 3.63) is 87.1 Å². The Morgan fingerprint density at radius 1 is 1.20 bits per heavy atom. The Labute approximate surface area is 178 Å². The molecule has 156 valence electrons. The van der Waals surface area contributed by atoms with Crippen LogP contribution in [-0.2, 0) is 22.5 Å². The predicted octanol–water partition coefficient (Wildman–Crippen LogP) is 4.76. The number of ether oxygens (including phenoxy) is 1. The van der Waals surface area contributed by atoms with Crippen LogP contribution in [0, 0.1) is 11.6 Å². The van der Waals surface area contributed by atoms with Crippen molar-refractivity contribution in [2.75, 3.05) is 25.6 Å². The SMILES string of the molecule is COCC(=O)N1CCc2sccc2C1c1ccc(NCc2ccc(F)cc2F)cc1. The summed E-state index contributed by atoms with van der Waals surface area (Å²) in [7, 11) is 1.53. The Morgan fingerprint density at radius 3 is 2.73 bits per heavy atom. The van der Waals surface area contributed by atoms with Crippen molar-refractivity contribution >= 4 is 22.9 Å². The molecule has 1 atom stereocenters. The highest BCUT2D eigenvalue weighted by Crippen LogP contribution is 2.38. The van der Waals surface area contributed by atoms with Gasteiger partial charge in [0.2, 0.25) is 5.91 Å². The average Bonchev–Trinajstić information content (AvgIpc) is 3.22. The first kappa shape index (κ1) is 20.5. The van der Waals surface area contributed by atoms with Gasteiger partial charge in [0.15, 0.2) is 0 Å². The van der Waals surface area contributed by atoms with E-state index in [1.807, 2.05) is 29.2 Å². The molecule has 0 saturated carbocycles. The quantitative estimate of drug-likeness (QED) is 0.616. The molecule has 0 fully saturated rings. The van der Waals surface area contributed by atoms with Crippen LogP contribution in [0.15, 0.2) is 53.9 Å². The third-order valence-electron chi connectivity index (χ3n) is 5.28. The Bertz CT molecular complexity index is 1040. The Kier molecular flexibility index (Phi) is 6.11. The molecular weight excluding hydrogens is 406 g/mol. The lowest BCUT2D eigenvalue weighted by Crippen LogP contribution is -2.41. The molecule has 30 heavy (non-hydrogen) atoms. The summed E-state index contributed by atoms with van der Waals surface area (Å²) in [4.78, 5) is 15.8. The Hall–Kier alpha value is -2.77. The van der Waals surface area contributed by atoms with Gasteiger partial charge in [0.1, 0.15) is 18.2 Å². The minimum atomic E-state index is -0.589. The van der Waals surface area contributed by atoms with E-state index in [4.69, 9.17) is 4.74 Å². The molecule has 4 nitrogen and oxygen atoms in total. The van der Waals surface area contributed by atoms with Gasteiger partial charge in [0.25, 0.3) is 0 Å². The number of carbonyl (C=O) groups is 1. The van der Waals surface area contributed by atoms with Crippen molar-refractivity contribution < 1.29 is 18.3 Å². The van der Waals surface area contributed by atoms with Crippen LogP contribution in [0.1, 0.15) is 27.6 Å². The third-order valence-corrected chi connectivity index (χ3v) is 6.28. The molecule has 4 rings (SSSR count).